The molecule has 2 aromatic carbocycles. The molecular formula is C24H16ClN3O. The van der Waals surface area contributed by atoms with Crippen molar-refractivity contribution in [2.45, 2.75) is 0 Å². The summed E-state index contributed by atoms with van der Waals surface area (Å²) in [6.07, 6.45) is 5.57. The number of ether oxygens (including phenoxy) is 1. The molecule has 4 nitrogen and oxygen atoms in total. The average Bonchev–Trinajstić information content (AvgIpc) is 3.19. The molecule has 5 aromatic rings. The third-order valence-corrected chi connectivity index (χ3v) is 4.96. The maximum atomic E-state index is 6.13. The van der Waals surface area contributed by atoms with Crippen LogP contribution in [0.5, 0.6) is 11.5 Å². The van der Waals surface area contributed by atoms with Gasteiger partial charge >= 0.3 is 0 Å². The number of aromatic nitrogens is 3. The van der Waals surface area contributed by atoms with Gasteiger partial charge in [-0.25, -0.2) is 9.97 Å². The number of halogens is 1. The average molecular weight is 398 g/mol. The molecule has 5 rings (SSSR count). The van der Waals surface area contributed by atoms with E-state index in [0.29, 0.717) is 5.15 Å². The van der Waals surface area contributed by atoms with Crippen molar-refractivity contribution in [3.05, 3.63) is 96.5 Å². The smallest absolute Gasteiger partial charge is 0.137 e. The number of aromatic amines is 1. The number of H-pyrrole nitrogens is 1. The third-order valence-electron chi connectivity index (χ3n) is 4.74. The molecule has 0 saturated carbocycles. The Morgan fingerprint density at radius 3 is 2.38 bits per heavy atom. The van der Waals surface area contributed by atoms with Crippen molar-refractivity contribution in [2.24, 2.45) is 0 Å². The molecule has 0 radical (unpaired) electrons. The first-order valence-electron chi connectivity index (χ1n) is 9.19. The van der Waals surface area contributed by atoms with Crippen LogP contribution in [0.1, 0.15) is 0 Å². The predicted molar refractivity (Wildman–Crippen MR) is 116 cm³/mol. The highest BCUT2D eigenvalue weighted by atomic mass is 35.5. The number of hydrogen-bond donors (Lipinski definition) is 1. The van der Waals surface area contributed by atoms with Crippen molar-refractivity contribution in [1.82, 2.24) is 15.0 Å². The van der Waals surface area contributed by atoms with E-state index >= 15 is 0 Å². The Hall–Kier alpha value is -3.63. The van der Waals surface area contributed by atoms with E-state index < -0.39 is 0 Å². The highest BCUT2D eigenvalue weighted by Crippen LogP contribution is 2.36. The van der Waals surface area contributed by atoms with Gasteiger partial charge in [-0.15, -0.1) is 0 Å². The number of para-hydroxylation sites is 2. The van der Waals surface area contributed by atoms with Crippen LogP contribution in [0.3, 0.4) is 0 Å². The minimum absolute atomic E-state index is 0.472. The van der Waals surface area contributed by atoms with E-state index in [1.165, 1.54) is 0 Å². The van der Waals surface area contributed by atoms with E-state index in [4.69, 9.17) is 16.3 Å². The summed E-state index contributed by atoms with van der Waals surface area (Å²) in [5, 5.41) is 1.49. The second-order valence-electron chi connectivity index (χ2n) is 6.60. The Kier molecular flexibility index (Phi) is 4.47. The Morgan fingerprint density at radius 1 is 0.759 bits per heavy atom. The van der Waals surface area contributed by atoms with Crippen LogP contribution in [-0.4, -0.2) is 15.0 Å². The molecule has 0 bridgehead atoms. The van der Waals surface area contributed by atoms with Crippen LogP contribution in [0.15, 0.2) is 91.4 Å². The van der Waals surface area contributed by atoms with Gasteiger partial charge in [0.1, 0.15) is 22.3 Å². The van der Waals surface area contributed by atoms with E-state index in [0.717, 1.165) is 44.8 Å². The SMILES string of the molecule is Clc1ccc(-c2c[nH]c3ncc(-c4ccccc4Oc4ccccc4)cc23)cn1. The maximum Gasteiger partial charge on any atom is 0.137 e. The minimum Gasteiger partial charge on any atom is -0.457 e. The molecule has 0 spiro atoms. The highest BCUT2D eigenvalue weighted by Gasteiger charge is 2.12. The molecule has 140 valence electrons. The second kappa shape index (κ2) is 7.41. The van der Waals surface area contributed by atoms with Gasteiger partial charge in [0.2, 0.25) is 0 Å². The fraction of sp³-hybridized carbons (Fsp3) is 0. The van der Waals surface area contributed by atoms with Gasteiger partial charge in [0.05, 0.1) is 0 Å². The fourth-order valence-corrected chi connectivity index (χ4v) is 3.45. The van der Waals surface area contributed by atoms with Gasteiger partial charge in [-0.2, -0.15) is 0 Å². The van der Waals surface area contributed by atoms with Crippen LogP contribution in [0, 0.1) is 0 Å². The lowest BCUT2D eigenvalue weighted by atomic mass is 10.0. The topological polar surface area (TPSA) is 50.8 Å². The van der Waals surface area contributed by atoms with E-state index in [-0.39, 0.29) is 0 Å². The summed E-state index contributed by atoms with van der Waals surface area (Å²) >= 11 is 5.94. The lowest BCUT2D eigenvalue weighted by molar-refractivity contribution is 0.484. The van der Waals surface area contributed by atoms with Gasteiger partial charge < -0.3 is 9.72 Å². The highest BCUT2D eigenvalue weighted by molar-refractivity contribution is 6.29. The van der Waals surface area contributed by atoms with Crippen molar-refractivity contribution in [2.75, 3.05) is 0 Å². The molecule has 0 aliphatic heterocycles. The number of pyridine rings is 2. The molecule has 0 amide bonds. The largest absolute Gasteiger partial charge is 0.457 e. The molecule has 5 heteroatoms. The number of rotatable bonds is 4. The first kappa shape index (κ1) is 17.5. The van der Waals surface area contributed by atoms with Gasteiger partial charge in [-0.3, -0.25) is 0 Å². The predicted octanol–water partition coefficient (Wildman–Crippen LogP) is 6.74. The van der Waals surface area contributed by atoms with Crippen molar-refractivity contribution in [3.8, 4) is 33.8 Å². The summed E-state index contributed by atoms with van der Waals surface area (Å²) in [5.41, 5.74) is 4.78. The quantitative estimate of drug-likeness (QED) is 0.342. The van der Waals surface area contributed by atoms with Crippen LogP contribution in [0.2, 0.25) is 5.15 Å². The molecule has 1 N–H and O–H groups in total. The maximum absolute atomic E-state index is 6.13. The van der Waals surface area contributed by atoms with Crippen molar-refractivity contribution >= 4 is 22.6 Å². The van der Waals surface area contributed by atoms with Crippen LogP contribution in [0.4, 0.5) is 0 Å². The Balaban J connectivity index is 1.59. The Labute approximate surface area is 172 Å². The standard InChI is InChI=1S/C24H16ClN3O/c25-23-11-10-16(13-26-23)21-15-28-24-20(21)12-17(14-27-24)19-8-4-5-9-22(19)29-18-6-2-1-3-7-18/h1-15H,(H,27,28). The van der Waals surface area contributed by atoms with Crippen LogP contribution >= 0.6 is 11.6 Å². The molecular weight excluding hydrogens is 382 g/mol. The van der Waals surface area contributed by atoms with Crippen molar-refractivity contribution in [3.63, 3.8) is 0 Å². The summed E-state index contributed by atoms with van der Waals surface area (Å²) in [5.74, 6) is 1.58. The molecule has 0 aliphatic carbocycles. The first-order chi connectivity index (χ1) is 14.3. The van der Waals surface area contributed by atoms with Gasteiger partial charge in [0, 0.05) is 46.2 Å². The molecule has 0 atom stereocenters. The van der Waals surface area contributed by atoms with Crippen LogP contribution in [-0.2, 0) is 0 Å². The second-order valence-corrected chi connectivity index (χ2v) is 6.99. The summed E-state index contributed by atoms with van der Waals surface area (Å²) in [6.45, 7) is 0. The molecule has 3 heterocycles. The number of benzene rings is 2. The third kappa shape index (κ3) is 3.46. The Morgan fingerprint density at radius 2 is 1.55 bits per heavy atom. The molecule has 0 saturated heterocycles. The summed E-state index contributed by atoms with van der Waals surface area (Å²) in [6, 6.07) is 23.6. The van der Waals surface area contributed by atoms with Gasteiger partial charge in [0.15, 0.2) is 0 Å². The molecule has 0 unspecified atom stereocenters. The van der Waals surface area contributed by atoms with Crippen molar-refractivity contribution < 1.29 is 4.74 Å². The molecule has 3 aromatic heterocycles. The number of nitrogens with zero attached hydrogens (tertiary/aromatic N) is 2. The van der Waals surface area contributed by atoms with E-state index in [1.54, 1.807) is 12.3 Å². The van der Waals surface area contributed by atoms with Gasteiger partial charge in [-0.05, 0) is 36.4 Å². The van der Waals surface area contributed by atoms with Crippen LogP contribution in [0.25, 0.3) is 33.3 Å². The molecule has 29 heavy (non-hydrogen) atoms. The lowest BCUT2D eigenvalue weighted by Crippen LogP contribution is -1.89. The Bertz CT molecular complexity index is 1280. The van der Waals surface area contributed by atoms with Crippen molar-refractivity contribution in [1.29, 1.82) is 0 Å². The lowest BCUT2D eigenvalue weighted by Gasteiger charge is -2.11. The number of nitrogens with one attached hydrogen (secondary N) is 1. The zero-order valence-electron chi connectivity index (χ0n) is 15.3. The minimum atomic E-state index is 0.472. The van der Waals surface area contributed by atoms with Gasteiger partial charge in [0.25, 0.3) is 0 Å². The molecule has 0 aliphatic rings. The molecule has 0 fully saturated rings. The summed E-state index contributed by atoms with van der Waals surface area (Å²) in [4.78, 5) is 12.0. The normalized spacial score (nSPS) is 10.9. The zero-order valence-corrected chi connectivity index (χ0v) is 16.1. The van der Waals surface area contributed by atoms with E-state index in [1.807, 2.05) is 73.1 Å². The monoisotopic (exact) mass is 397 g/mol. The summed E-state index contributed by atoms with van der Waals surface area (Å²) < 4.78 is 6.13. The first-order valence-corrected chi connectivity index (χ1v) is 9.57. The van der Waals surface area contributed by atoms with E-state index in [9.17, 15) is 0 Å². The zero-order chi connectivity index (χ0) is 19.6. The van der Waals surface area contributed by atoms with E-state index in [2.05, 4.69) is 21.0 Å². The van der Waals surface area contributed by atoms with Gasteiger partial charge in [-0.1, -0.05) is 48.0 Å². The number of hydrogen-bond acceptors (Lipinski definition) is 3. The summed E-state index contributed by atoms with van der Waals surface area (Å²) in [7, 11) is 0. The fourth-order valence-electron chi connectivity index (χ4n) is 3.33. The van der Waals surface area contributed by atoms with Crippen LogP contribution < -0.4 is 4.74 Å². The number of fused-ring (bicyclic) bond motifs is 1.